The summed E-state index contributed by atoms with van der Waals surface area (Å²) in [5, 5.41) is 3.25. The number of rotatable bonds is 21. The first-order valence-corrected chi connectivity index (χ1v) is 32.5. The Kier molecular flexibility index (Phi) is 18.1. The molecule has 0 amide bonds. The fourth-order valence-electron chi connectivity index (χ4n) is 12.3. The molecule has 3 aliphatic rings. The lowest BCUT2D eigenvalue weighted by Gasteiger charge is -2.50. The monoisotopic (exact) mass is 1140 g/mol. The lowest BCUT2D eigenvalue weighted by molar-refractivity contribution is -0.307. The SMILES string of the molecule is CC1(C)O[C@@H]2[C@@H](C=C(C(F)(F)[C@@H]3O[C@@H](CO[Si](c4ccccc4)(c4ccccc4)C(C)(C)C)[C@H](OCc4ccccc4)[C@@H](OCc4ccccc4)[C@H]3OCc3ccccc3)O[C@@H]2CO[Si](c2ccccc2)(c2ccccc2)C(C)(C)C)O1. The van der Waals surface area contributed by atoms with Crippen LogP contribution in [0.2, 0.25) is 10.1 Å². The van der Waals surface area contributed by atoms with Crippen molar-refractivity contribution in [1.29, 1.82) is 0 Å². The molecule has 0 spiro atoms. The fourth-order valence-corrected chi connectivity index (χ4v) is 21.4. The maximum atomic E-state index is 19.2. The molecule has 430 valence electrons. The van der Waals surface area contributed by atoms with Crippen LogP contribution in [-0.4, -0.2) is 90.4 Å². The molecule has 3 heterocycles. The van der Waals surface area contributed by atoms with E-state index in [0.29, 0.717) is 0 Å². The molecule has 82 heavy (non-hydrogen) atoms. The van der Waals surface area contributed by atoms with Crippen molar-refractivity contribution in [3.05, 3.63) is 241 Å². The Balaban J connectivity index is 1.09. The zero-order valence-electron chi connectivity index (χ0n) is 48.4. The fraction of sp³-hybridized carbons (Fsp3) is 0.362. The molecule has 0 saturated carbocycles. The van der Waals surface area contributed by atoms with Gasteiger partial charge in [-0.1, -0.05) is 254 Å². The molecule has 3 aliphatic heterocycles. The maximum Gasteiger partial charge on any atom is 0.332 e. The highest BCUT2D eigenvalue weighted by Crippen LogP contribution is 2.47. The molecule has 0 bridgehead atoms. The number of ether oxygens (including phenoxy) is 7. The second kappa shape index (κ2) is 25.1. The van der Waals surface area contributed by atoms with Crippen molar-refractivity contribution in [2.24, 2.45) is 0 Å². The van der Waals surface area contributed by atoms with Crippen LogP contribution in [0, 0.1) is 0 Å². The van der Waals surface area contributed by atoms with E-state index in [-0.39, 0.29) is 33.0 Å². The van der Waals surface area contributed by atoms with Crippen LogP contribution in [0.1, 0.15) is 72.1 Å². The molecule has 0 aromatic heterocycles. The van der Waals surface area contributed by atoms with Gasteiger partial charge in [-0.25, -0.2) is 0 Å². The summed E-state index contributed by atoms with van der Waals surface area (Å²) in [5.74, 6) is -5.69. The highest BCUT2D eigenvalue weighted by Gasteiger charge is 2.63. The van der Waals surface area contributed by atoms with Gasteiger partial charge in [-0.05, 0) is 67.4 Å². The van der Waals surface area contributed by atoms with Gasteiger partial charge in [0, 0.05) is 0 Å². The quantitative estimate of drug-likeness (QED) is 0.0654. The van der Waals surface area contributed by atoms with Gasteiger partial charge in [0.15, 0.2) is 17.7 Å². The van der Waals surface area contributed by atoms with Crippen LogP contribution in [0.15, 0.2) is 224 Å². The lowest BCUT2D eigenvalue weighted by Crippen LogP contribution is -2.69. The molecule has 0 N–H and O–H groups in total. The molecule has 0 aliphatic carbocycles. The van der Waals surface area contributed by atoms with Crippen molar-refractivity contribution < 1.29 is 50.8 Å². The first-order chi connectivity index (χ1) is 39.4. The van der Waals surface area contributed by atoms with Crippen molar-refractivity contribution in [3.8, 4) is 0 Å². The maximum absolute atomic E-state index is 19.2. The van der Waals surface area contributed by atoms with Crippen molar-refractivity contribution >= 4 is 37.4 Å². The predicted octanol–water partition coefficient (Wildman–Crippen LogP) is 12.1. The largest absolute Gasteiger partial charge is 0.483 e. The van der Waals surface area contributed by atoms with E-state index in [1.807, 2.05) is 164 Å². The predicted molar refractivity (Wildman–Crippen MR) is 323 cm³/mol. The van der Waals surface area contributed by atoms with Gasteiger partial charge < -0.3 is 42.0 Å². The second-order valence-corrected chi connectivity index (χ2v) is 32.8. The van der Waals surface area contributed by atoms with Crippen molar-refractivity contribution in [1.82, 2.24) is 0 Å². The molecule has 2 saturated heterocycles. The van der Waals surface area contributed by atoms with Crippen molar-refractivity contribution in [2.75, 3.05) is 13.2 Å². The topological polar surface area (TPSA) is 83.1 Å². The van der Waals surface area contributed by atoms with Crippen LogP contribution >= 0.6 is 0 Å². The Bertz CT molecular complexity index is 3050. The second-order valence-electron chi connectivity index (χ2n) is 24.2. The Morgan fingerprint density at radius 1 is 0.439 bits per heavy atom. The normalized spacial score (nSPS) is 23.1. The van der Waals surface area contributed by atoms with Crippen LogP contribution in [-0.2, 0) is 61.8 Å². The summed E-state index contributed by atoms with van der Waals surface area (Å²) in [5.41, 5.74) is 2.50. The smallest absolute Gasteiger partial charge is 0.332 e. The first kappa shape index (κ1) is 59.2. The molecule has 13 heteroatoms. The third-order valence-electron chi connectivity index (χ3n) is 16.1. The number of fused-ring (bicyclic) bond motifs is 1. The number of hydrogen-bond acceptors (Lipinski definition) is 9. The van der Waals surface area contributed by atoms with Crippen LogP contribution in [0.25, 0.3) is 0 Å². The standard InChI is InChI=1S/C69H78F2O9Si2/c1-66(2,3)81(53-36-22-12-23-37-53,54-38-24-13-25-39-54)75-48-58-61-57(79-68(7,8)80-61)44-60(77-58)69(70,71)65-64(74-47-52-34-20-11-21-35-52)63(73-46-51-32-18-10-19-33-51)62(72-45-50-30-16-9-17-31-50)59(78-65)49-76-82(67(4,5)6,55-40-26-14-27-41-55)56-42-28-15-29-43-56/h9-44,57-59,61-65H,45-49H2,1-8H3/t57-,58-,59+,61-,62+,63-,64-,65-/m1/s1. The molecule has 7 aromatic rings. The van der Waals surface area contributed by atoms with Gasteiger partial charge in [0.05, 0.1) is 33.0 Å². The molecular formula is C69H78F2O9Si2. The van der Waals surface area contributed by atoms with E-state index >= 15 is 8.78 Å². The third kappa shape index (κ3) is 12.6. The molecular weight excluding hydrogens is 1070 g/mol. The summed E-state index contributed by atoms with van der Waals surface area (Å²) in [6, 6.07) is 69.9. The summed E-state index contributed by atoms with van der Waals surface area (Å²) in [7, 11) is -6.54. The van der Waals surface area contributed by atoms with E-state index in [4.69, 9.17) is 42.0 Å². The molecule has 7 aromatic carbocycles. The van der Waals surface area contributed by atoms with E-state index in [2.05, 4.69) is 90.1 Å². The first-order valence-electron chi connectivity index (χ1n) is 28.6. The van der Waals surface area contributed by atoms with E-state index in [1.165, 1.54) is 6.08 Å². The number of halogens is 2. The highest BCUT2D eigenvalue weighted by molar-refractivity contribution is 7.00. The van der Waals surface area contributed by atoms with E-state index in [9.17, 15) is 0 Å². The highest BCUT2D eigenvalue weighted by atomic mass is 28.4. The zero-order chi connectivity index (χ0) is 57.6. The Morgan fingerprint density at radius 2 is 0.780 bits per heavy atom. The van der Waals surface area contributed by atoms with Crippen LogP contribution in [0.3, 0.4) is 0 Å². The number of benzene rings is 7. The van der Waals surface area contributed by atoms with E-state index < -0.39 is 93.0 Å². The summed E-state index contributed by atoms with van der Waals surface area (Å²) in [4.78, 5) is 0. The minimum absolute atomic E-state index is 0.0357. The van der Waals surface area contributed by atoms with E-state index in [0.717, 1.165) is 37.4 Å². The number of hydrogen-bond donors (Lipinski definition) is 0. The Labute approximate surface area is 485 Å². The van der Waals surface area contributed by atoms with Crippen molar-refractivity contribution in [3.63, 3.8) is 0 Å². The van der Waals surface area contributed by atoms with Gasteiger partial charge in [-0.3, -0.25) is 0 Å². The Morgan fingerprint density at radius 3 is 1.16 bits per heavy atom. The molecule has 2 fully saturated rings. The van der Waals surface area contributed by atoms with Gasteiger partial charge in [0.1, 0.15) is 42.7 Å². The summed E-state index contributed by atoms with van der Waals surface area (Å²) >= 11 is 0. The van der Waals surface area contributed by atoms with Crippen LogP contribution in [0.5, 0.6) is 0 Å². The number of alkyl halides is 2. The van der Waals surface area contributed by atoms with Gasteiger partial charge in [0.2, 0.25) is 0 Å². The van der Waals surface area contributed by atoms with Gasteiger partial charge in [-0.15, -0.1) is 0 Å². The van der Waals surface area contributed by atoms with Crippen LogP contribution in [0.4, 0.5) is 8.78 Å². The molecule has 10 rings (SSSR count). The zero-order valence-corrected chi connectivity index (χ0v) is 50.4. The molecule has 0 radical (unpaired) electrons. The lowest BCUT2D eigenvalue weighted by atomic mass is 9.89. The minimum atomic E-state index is -3.91. The average molecular weight is 1150 g/mol. The van der Waals surface area contributed by atoms with Gasteiger partial charge in [-0.2, -0.15) is 8.78 Å². The van der Waals surface area contributed by atoms with Gasteiger partial charge in [0.25, 0.3) is 16.6 Å². The molecule has 8 atom stereocenters. The summed E-state index contributed by atoms with van der Waals surface area (Å²) < 4.78 is 102. The van der Waals surface area contributed by atoms with Crippen molar-refractivity contribution in [2.45, 2.75) is 146 Å². The van der Waals surface area contributed by atoms with Crippen LogP contribution < -0.4 is 20.7 Å². The average Bonchev–Trinajstić information content (AvgIpc) is 3.78. The Hall–Kier alpha value is -5.95. The summed E-state index contributed by atoms with van der Waals surface area (Å²) in [6.45, 7) is 16.6. The minimum Gasteiger partial charge on any atom is -0.483 e. The van der Waals surface area contributed by atoms with E-state index in [1.54, 1.807) is 13.8 Å². The van der Waals surface area contributed by atoms with Gasteiger partial charge >= 0.3 is 5.92 Å². The molecule has 0 unspecified atom stereocenters. The summed E-state index contributed by atoms with van der Waals surface area (Å²) in [6.07, 6.45) is -8.19. The third-order valence-corrected chi connectivity index (χ3v) is 26.1. The molecule has 9 nitrogen and oxygen atoms in total.